The van der Waals surface area contributed by atoms with E-state index in [1.54, 1.807) is 24.3 Å². The number of amides is 1. The van der Waals surface area contributed by atoms with Crippen molar-refractivity contribution >= 4 is 28.9 Å². The Labute approximate surface area is 168 Å². The van der Waals surface area contributed by atoms with Crippen molar-refractivity contribution in [2.45, 2.75) is 17.8 Å². The Morgan fingerprint density at radius 1 is 1.11 bits per heavy atom. The van der Waals surface area contributed by atoms with Gasteiger partial charge in [-0.25, -0.2) is 0 Å². The summed E-state index contributed by atoms with van der Waals surface area (Å²) in [5.41, 5.74) is -0.242. The fourth-order valence-electron chi connectivity index (χ4n) is 2.92. The zero-order valence-electron chi connectivity index (χ0n) is 15.2. The number of anilines is 1. The molecule has 1 saturated heterocycles. The minimum absolute atomic E-state index is 0.0888. The molecule has 0 saturated carbocycles. The summed E-state index contributed by atoms with van der Waals surface area (Å²) in [6.07, 6.45) is -1.83. The number of ether oxygens (including phenoxy) is 1. The van der Waals surface area contributed by atoms with Gasteiger partial charge in [0, 0.05) is 17.8 Å². The number of carbonyl (C=O) groups is 1. The zero-order valence-corrected chi connectivity index (χ0v) is 16.0. The van der Waals surface area contributed by atoms with E-state index in [9.17, 15) is 15.0 Å². The molecule has 0 bridgehead atoms. The first kappa shape index (κ1) is 20.2. The molecular weight excluding hydrogens is 378 g/mol. The quantitative estimate of drug-likeness (QED) is 0.458. The highest BCUT2D eigenvalue weighted by Gasteiger charge is 2.48. The van der Waals surface area contributed by atoms with Crippen LogP contribution in [0.25, 0.3) is 0 Å². The molecule has 2 aromatic rings. The molecule has 1 aliphatic rings. The highest BCUT2D eigenvalue weighted by atomic mass is 32.1. The minimum atomic E-state index is -1.56. The first-order valence-electron chi connectivity index (χ1n) is 8.93. The van der Waals surface area contributed by atoms with Gasteiger partial charge in [0.05, 0.1) is 13.2 Å². The Morgan fingerprint density at radius 3 is 2.43 bits per heavy atom. The van der Waals surface area contributed by atoms with Gasteiger partial charge in [-0.1, -0.05) is 36.4 Å². The van der Waals surface area contributed by atoms with Crippen LogP contribution in [-0.4, -0.2) is 58.7 Å². The van der Waals surface area contributed by atoms with Crippen LogP contribution in [0.1, 0.15) is 10.4 Å². The summed E-state index contributed by atoms with van der Waals surface area (Å²) >= 11 is 5.23. The van der Waals surface area contributed by atoms with Gasteiger partial charge in [0.1, 0.15) is 17.8 Å². The van der Waals surface area contributed by atoms with Gasteiger partial charge in [0.15, 0.2) is 5.11 Å². The summed E-state index contributed by atoms with van der Waals surface area (Å²) in [5.74, 6) is -0.323. The first-order valence-corrected chi connectivity index (χ1v) is 9.34. The number of hydrogen-bond acceptors (Lipinski definition) is 5. The smallest absolute Gasteiger partial charge is 0.251 e. The number of benzene rings is 2. The van der Waals surface area contributed by atoms with Gasteiger partial charge in [-0.3, -0.25) is 4.79 Å². The molecule has 3 rings (SSSR count). The molecule has 3 atom stereocenters. The topological polar surface area (TPSA) is 103 Å². The lowest BCUT2D eigenvalue weighted by Crippen LogP contribution is -2.53. The highest BCUT2D eigenvalue weighted by molar-refractivity contribution is 7.80. The van der Waals surface area contributed by atoms with E-state index >= 15 is 0 Å². The van der Waals surface area contributed by atoms with Crippen LogP contribution in [0, 0.1) is 0 Å². The number of thiocarbonyl (C=S) groups is 1. The van der Waals surface area contributed by atoms with E-state index in [0.717, 1.165) is 5.69 Å². The van der Waals surface area contributed by atoms with E-state index in [4.69, 9.17) is 17.0 Å². The van der Waals surface area contributed by atoms with Crippen molar-refractivity contribution in [3.05, 3.63) is 66.2 Å². The minimum Gasteiger partial charge on any atom is -0.387 e. The van der Waals surface area contributed by atoms with Crippen molar-refractivity contribution in [2.24, 2.45) is 0 Å². The van der Waals surface area contributed by atoms with Crippen molar-refractivity contribution in [1.82, 2.24) is 10.6 Å². The summed E-state index contributed by atoms with van der Waals surface area (Å²) in [6, 6.07) is 18.1. The molecule has 0 aromatic heterocycles. The van der Waals surface area contributed by atoms with Crippen LogP contribution in [0.15, 0.2) is 60.7 Å². The molecule has 0 unspecified atom stereocenters. The van der Waals surface area contributed by atoms with E-state index in [2.05, 4.69) is 16.0 Å². The van der Waals surface area contributed by atoms with Crippen LogP contribution in [0.3, 0.4) is 0 Å². The second kappa shape index (κ2) is 9.11. The number of aliphatic hydroxyl groups is 2. The number of rotatable bonds is 6. The molecule has 28 heavy (non-hydrogen) atoms. The molecule has 148 valence electrons. The monoisotopic (exact) mass is 401 g/mol. The Balaban J connectivity index is 1.47. The lowest BCUT2D eigenvalue weighted by molar-refractivity contribution is -0.0462. The molecule has 0 radical (unpaired) electrons. The van der Waals surface area contributed by atoms with E-state index < -0.39 is 17.8 Å². The number of aliphatic hydroxyl groups excluding tert-OH is 1. The van der Waals surface area contributed by atoms with Gasteiger partial charge in [0.2, 0.25) is 0 Å². The predicted octanol–water partition coefficient (Wildman–Crippen LogP) is 0.894. The summed E-state index contributed by atoms with van der Waals surface area (Å²) in [5, 5.41) is 30.1. The number of para-hydroxylation sites is 1. The van der Waals surface area contributed by atoms with Crippen LogP contribution < -0.4 is 16.0 Å². The SMILES string of the molecule is O=C(NC[C@]1(O)CO[C@H](CNC(=S)Nc2ccccc2)[C@H]1O)c1ccccc1. The predicted molar refractivity (Wildman–Crippen MR) is 110 cm³/mol. The Morgan fingerprint density at radius 2 is 1.75 bits per heavy atom. The van der Waals surface area contributed by atoms with Gasteiger partial charge in [-0.2, -0.15) is 0 Å². The molecule has 7 nitrogen and oxygen atoms in total. The Hall–Kier alpha value is -2.52. The van der Waals surface area contributed by atoms with E-state index in [0.29, 0.717) is 10.7 Å². The van der Waals surface area contributed by atoms with Crippen molar-refractivity contribution in [1.29, 1.82) is 0 Å². The summed E-state index contributed by atoms with van der Waals surface area (Å²) in [6.45, 7) is 0.00827. The average molecular weight is 401 g/mol. The van der Waals surface area contributed by atoms with E-state index in [1.165, 1.54) is 0 Å². The number of hydrogen-bond donors (Lipinski definition) is 5. The van der Waals surface area contributed by atoms with Crippen molar-refractivity contribution in [2.75, 3.05) is 25.0 Å². The molecule has 8 heteroatoms. The van der Waals surface area contributed by atoms with Gasteiger partial charge < -0.3 is 30.9 Å². The molecule has 1 amide bonds. The van der Waals surface area contributed by atoms with Crippen LogP contribution in [-0.2, 0) is 4.74 Å². The Bertz CT molecular complexity index is 806. The average Bonchev–Trinajstić information content (AvgIpc) is 3.00. The lowest BCUT2D eigenvalue weighted by Gasteiger charge is -2.26. The maximum atomic E-state index is 12.1. The largest absolute Gasteiger partial charge is 0.387 e. The third-order valence-electron chi connectivity index (χ3n) is 4.54. The standard InChI is InChI=1S/C20H23N3O4S/c24-17-16(11-21-19(28)23-15-9-5-2-6-10-15)27-13-20(17,26)12-22-18(25)14-7-3-1-4-8-14/h1-10,16-17,24,26H,11-13H2,(H,22,25)(H2,21,23,28)/t16-,17-,20+/m1/s1. The van der Waals surface area contributed by atoms with Crippen molar-refractivity contribution in [3.63, 3.8) is 0 Å². The molecule has 5 N–H and O–H groups in total. The summed E-state index contributed by atoms with van der Waals surface area (Å²) in [4.78, 5) is 12.1. The lowest BCUT2D eigenvalue weighted by atomic mass is 9.96. The third kappa shape index (κ3) is 5.05. The molecule has 0 spiro atoms. The summed E-state index contributed by atoms with van der Waals surface area (Å²) < 4.78 is 5.52. The maximum Gasteiger partial charge on any atom is 0.251 e. The van der Waals surface area contributed by atoms with Crippen molar-refractivity contribution < 1.29 is 19.7 Å². The summed E-state index contributed by atoms with van der Waals surface area (Å²) in [7, 11) is 0. The fourth-order valence-corrected chi connectivity index (χ4v) is 3.12. The fraction of sp³-hybridized carbons (Fsp3) is 0.300. The van der Waals surface area contributed by atoms with Crippen LogP contribution in [0.4, 0.5) is 5.69 Å². The molecular formula is C20H23N3O4S. The second-order valence-corrected chi connectivity index (χ2v) is 7.06. The Kier molecular flexibility index (Phi) is 6.58. The molecule has 1 heterocycles. The maximum absolute atomic E-state index is 12.1. The van der Waals surface area contributed by atoms with E-state index in [-0.39, 0.29) is 25.6 Å². The van der Waals surface area contributed by atoms with Crippen LogP contribution >= 0.6 is 12.2 Å². The van der Waals surface area contributed by atoms with E-state index in [1.807, 2.05) is 36.4 Å². The van der Waals surface area contributed by atoms with Gasteiger partial charge in [0.25, 0.3) is 5.91 Å². The van der Waals surface area contributed by atoms with Crippen molar-refractivity contribution in [3.8, 4) is 0 Å². The van der Waals surface area contributed by atoms with Crippen LogP contribution in [0.5, 0.6) is 0 Å². The zero-order chi connectivity index (χ0) is 20.0. The first-order chi connectivity index (χ1) is 13.5. The third-order valence-corrected chi connectivity index (χ3v) is 4.78. The number of carbonyl (C=O) groups excluding carboxylic acids is 1. The molecule has 1 fully saturated rings. The molecule has 1 aliphatic heterocycles. The van der Waals surface area contributed by atoms with Crippen LogP contribution in [0.2, 0.25) is 0 Å². The molecule has 0 aliphatic carbocycles. The molecule has 2 aromatic carbocycles. The number of nitrogens with one attached hydrogen (secondary N) is 3. The van der Waals surface area contributed by atoms with Gasteiger partial charge >= 0.3 is 0 Å². The normalized spacial score (nSPS) is 23.8. The second-order valence-electron chi connectivity index (χ2n) is 6.65. The van der Waals surface area contributed by atoms with Gasteiger partial charge in [-0.05, 0) is 36.5 Å². The van der Waals surface area contributed by atoms with Gasteiger partial charge in [-0.15, -0.1) is 0 Å². The highest BCUT2D eigenvalue weighted by Crippen LogP contribution is 2.24.